The first-order chi connectivity index (χ1) is 14.6. The summed E-state index contributed by atoms with van der Waals surface area (Å²) in [7, 11) is 0. The van der Waals surface area contributed by atoms with E-state index in [1.54, 1.807) is 23.1 Å². The number of rotatable bonds is 4. The molecule has 9 heteroatoms. The molecule has 1 amide bonds. The summed E-state index contributed by atoms with van der Waals surface area (Å²) in [5.41, 5.74) is 1.89. The van der Waals surface area contributed by atoms with Gasteiger partial charge in [0.1, 0.15) is 23.7 Å². The zero-order valence-electron chi connectivity index (χ0n) is 15.7. The Morgan fingerprint density at radius 3 is 3.00 bits per heavy atom. The number of ether oxygens (including phenoxy) is 1. The SMILES string of the molecule is O=C(/C=C/CBr)N1CCCOc2cc3ncnc(Nc4ccc(F)c(Cl)c4)c3cc21. The van der Waals surface area contributed by atoms with E-state index in [4.69, 9.17) is 16.3 Å². The largest absolute Gasteiger partial charge is 0.491 e. The molecule has 0 aliphatic carbocycles. The minimum absolute atomic E-state index is 0.0102. The van der Waals surface area contributed by atoms with Crippen LogP contribution < -0.4 is 15.0 Å². The molecule has 30 heavy (non-hydrogen) atoms. The lowest BCUT2D eigenvalue weighted by molar-refractivity contribution is -0.114. The number of fused-ring (bicyclic) bond motifs is 2. The molecule has 0 bridgehead atoms. The highest BCUT2D eigenvalue weighted by molar-refractivity contribution is 9.09. The number of anilines is 3. The van der Waals surface area contributed by atoms with E-state index in [-0.39, 0.29) is 10.9 Å². The normalized spacial score (nSPS) is 13.8. The second-order valence-corrected chi connectivity index (χ2v) is 7.62. The van der Waals surface area contributed by atoms with Crippen LogP contribution in [-0.4, -0.2) is 34.4 Å². The fourth-order valence-corrected chi connectivity index (χ4v) is 3.57. The summed E-state index contributed by atoms with van der Waals surface area (Å²) in [5, 5.41) is 4.45. The van der Waals surface area contributed by atoms with E-state index in [1.165, 1.54) is 24.5 Å². The molecule has 0 atom stereocenters. The Bertz CT molecular complexity index is 1140. The Balaban J connectivity index is 1.79. The van der Waals surface area contributed by atoms with Crippen LogP contribution in [0.5, 0.6) is 5.75 Å². The molecular formula is C21H17BrClFN4O2. The van der Waals surface area contributed by atoms with E-state index in [9.17, 15) is 9.18 Å². The van der Waals surface area contributed by atoms with Gasteiger partial charge in [-0.3, -0.25) is 4.79 Å². The average Bonchev–Trinajstić information content (AvgIpc) is 2.95. The van der Waals surface area contributed by atoms with Crippen LogP contribution in [0.15, 0.2) is 48.8 Å². The van der Waals surface area contributed by atoms with Crippen molar-refractivity contribution in [3.63, 3.8) is 0 Å². The van der Waals surface area contributed by atoms with Crippen molar-refractivity contribution in [2.45, 2.75) is 6.42 Å². The van der Waals surface area contributed by atoms with Gasteiger partial charge < -0.3 is 15.0 Å². The Morgan fingerprint density at radius 2 is 2.20 bits per heavy atom. The van der Waals surface area contributed by atoms with Gasteiger partial charge in [-0.2, -0.15) is 0 Å². The smallest absolute Gasteiger partial charge is 0.250 e. The molecule has 0 fully saturated rings. The lowest BCUT2D eigenvalue weighted by Crippen LogP contribution is -2.29. The third kappa shape index (κ3) is 4.24. The number of allylic oxidation sites excluding steroid dienone is 1. The third-order valence-electron chi connectivity index (χ3n) is 4.59. The van der Waals surface area contributed by atoms with Crippen LogP contribution in [-0.2, 0) is 4.79 Å². The van der Waals surface area contributed by atoms with Gasteiger partial charge in [0.25, 0.3) is 5.91 Å². The fraction of sp³-hybridized carbons (Fsp3) is 0.190. The second kappa shape index (κ2) is 8.97. The highest BCUT2D eigenvalue weighted by Gasteiger charge is 2.22. The summed E-state index contributed by atoms with van der Waals surface area (Å²) < 4.78 is 19.3. The molecular weight excluding hydrogens is 475 g/mol. The number of nitrogens with zero attached hydrogens (tertiary/aromatic N) is 3. The molecule has 3 aromatic rings. The summed E-state index contributed by atoms with van der Waals surface area (Å²) in [6.45, 7) is 1.04. The maximum atomic E-state index is 13.5. The lowest BCUT2D eigenvalue weighted by Gasteiger charge is -2.21. The van der Waals surface area contributed by atoms with Gasteiger partial charge >= 0.3 is 0 Å². The van der Waals surface area contributed by atoms with Crippen molar-refractivity contribution in [1.29, 1.82) is 0 Å². The van der Waals surface area contributed by atoms with Crippen LogP contribution in [0.2, 0.25) is 5.02 Å². The van der Waals surface area contributed by atoms with Crippen LogP contribution in [0, 0.1) is 5.82 Å². The van der Waals surface area contributed by atoms with Crippen molar-refractivity contribution >= 4 is 61.5 Å². The maximum absolute atomic E-state index is 13.5. The molecule has 0 unspecified atom stereocenters. The van der Waals surface area contributed by atoms with E-state index in [0.29, 0.717) is 58.7 Å². The van der Waals surface area contributed by atoms with Crippen LogP contribution in [0.25, 0.3) is 10.9 Å². The Kier molecular flexibility index (Phi) is 6.15. The minimum Gasteiger partial charge on any atom is -0.491 e. The Labute approximate surface area is 185 Å². The highest BCUT2D eigenvalue weighted by Crippen LogP contribution is 2.37. The van der Waals surface area contributed by atoms with Gasteiger partial charge in [-0.05, 0) is 30.7 Å². The summed E-state index contributed by atoms with van der Waals surface area (Å²) in [6, 6.07) is 7.98. The van der Waals surface area contributed by atoms with Crippen molar-refractivity contribution in [3.05, 3.63) is 59.7 Å². The first kappa shape index (κ1) is 20.6. The van der Waals surface area contributed by atoms with Crippen molar-refractivity contribution in [2.75, 3.05) is 28.7 Å². The standard InChI is InChI=1S/C21H17BrClFN4O2/c22-6-1-3-20(29)28-7-2-8-30-19-11-17-14(10-18(19)28)21(26-12-25-17)27-13-4-5-16(24)15(23)9-13/h1,3-5,9-12H,2,6-8H2,(H,25,26,27)/b3-1+. The molecule has 0 spiro atoms. The summed E-state index contributed by atoms with van der Waals surface area (Å²) in [5.74, 6) is 0.480. The number of amides is 1. The van der Waals surface area contributed by atoms with Crippen molar-refractivity contribution in [1.82, 2.24) is 9.97 Å². The molecule has 1 aliphatic heterocycles. The number of benzene rings is 2. The van der Waals surface area contributed by atoms with Gasteiger partial charge in [0.15, 0.2) is 0 Å². The van der Waals surface area contributed by atoms with Crippen molar-refractivity contribution in [2.24, 2.45) is 0 Å². The van der Waals surface area contributed by atoms with Gasteiger partial charge in [-0.15, -0.1) is 0 Å². The van der Waals surface area contributed by atoms with Crippen LogP contribution in [0.3, 0.4) is 0 Å². The van der Waals surface area contributed by atoms with Gasteiger partial charge in [0.05, 0.1) is 22.8 Å². The minimum atomic E-state index is -0.497. The maximum Gasteiger partial charge on any atom is 0.250 e. The molecule has 1 N–H and O–H groups in total. The average molecular weight is 492 g/mol. The van der Waals surface area contributed by atoms with E-state index in [1.807, 2.05) is 6.07 Å². The fourth-order valence-electron chi connectivity index (χ4n) is 3.20. The summed E-state index contributed by atoms with van der Waals surface area (Å²) in [6.07, 6.45) is 5.43. The molecule has 154 valence electrons. The number of alkyl halides is 1. The van der Waals surface area contributed by atoms with E-state index in [2.05, 4.69) is 31.2 Å². The Hall–Kier alpha value is -2.71. The van der Waals surface area contributed by atoms with E-state index < -0.39 is 5.82 Å². The van der Waals surface area contributed by atoms with Gasteiger partial charge in [-0.25, -0.2) is 14.4 Å². The first-order valence-corrected chi connectivity index (χ1v) is 10.7. The molecule has 4 rings (SSSR count). The number of nitrogens with one attached hydrogen (secondary N) is 1. The summed E-state index contributed by atoms with van der Waals surface area (Å²) >= 11 is 9.18. The molecule has 2 heterocycles. The molecule has 6 nitrogen and oxygen atoms in total. The van der Waals surface area contributed by atoms with E-state index in [0.717, 1.165) is 0 Å². The summed E-state index contributed by atoms with van der Waals surface area (Å²) in [4.78, 5) is 23.1. The highest BCUT2D eigenvalue weighted by atomic mass is 79.9. The monoisotopic (exact) mass is 490 g/mol. The molecule has 1 aliphatic rings. The predicted molar refractivity (Wildman–Crippen MR) is 120 cm³/mol. The molecule has 0 radical (unpaired) electrons. The molecule has 2 aromatic carbocycles. The number of carbonyl (C=O) groups excluding carboxylic acids is 1. The van der Waals surface area contributed by atoms with Gasteiger partial charge in [0, 0.05) is 35.1 Å². The van der Waals surface area contributed by atoms with Gasteiger partial charge in [0.2, 0.25) is 0 Å². The zero-order valence-corrected chi connectivity index (χ0v) is 18.1. The first-order valence-electron chi connectivity index (χ1n) is 9.24. The van der Waals surface area contributed by atoms with E-state index >= 15 is 0 Å². The molecule has 1 aromatic heterocycles. The second-order valence-electron chi connectivity index (χ2n) is 6.56. The number of halogens is 3. The number of hydrogen-bond acceptors (Lipinski definition) is 5. The molecule has 0 saturated carbocycles. The number of carbonyl (C=O) groups is 1. The predicted octanol–water partition coefficient (Wildman–Crippen LogP) is 5.23. The van der Waals surface area contributed by atoms with Crippen molar-refractivity contribution in [3.8, 4) is 5.75 Å². The molecule has 0 saturated heterocycles. The van der Waals surface area contributed by atoms with Crippen LogP contribution >= 0.6 is 27.5 Å². The quantitative estimate of drug-likeness (QED) is 0.400. The van der Waals surface area contributed by atoms with Crippen LogP contribution in [0.4, 0.5) is 21.6 Å². The number of hydrogen-bond donors (Lipinski definition) is 1. The topological polar surface area (TPSA) is 67.4 Å². The van der Waals surface area contributed by atoms with Crippen LogP contribution in [0.1, 0.15) is 6.42 Å². The third-order valence-corrected chi connectivity index (χ3v) is 5.25. The number of aromatic nitrogens is 2. The van der Waals surface area contributed by atoms with Crippen molar-refractivity contribution < 1.29 is 13.9 Å². The van der Waals surface area contributed by atoms with Gasteiger partial charge in [-0.1, -0.05) is 33.6 Å². The zero-order chi connectivity index (χ0) is 21.1. The Morgan fingerprint density at radius 1 is 1.33 bits per heavy atom. The lowest BCUT2D eigenvalue weighted by atomic mass is 10.1.